The predicted molar refractivity (Wildman–Crippen MR) is 106 cm³/mol. The van der Waals surface area contributed by atoms with E-state index in [1.807, 2.05) is 32.9 Å². The van der Waals surface area contributed by atoms with E-state index in [0.29, 0.717) is 17.5 Å². The van der Waals surface area contributed by atoms with Crippen LogP contribution in [0.3, 0.4) is 0 Å². The average molecular weight is 379 g/mol. The fourth-order valence-electron chi connectivity index (χ4n) is 3.23. The minimum absolute atomic E-state index is 0.0648. The molecule has 3 aromatic rings. The van der Waals surface area contributed by atoms with Gasteiger partial charge in [0, 0.05) is 18.0 Å². The standard InChI is InChI=1S/C22H21NO5/c1-5-23-20(24)17-10-15-6-7-16(11-18(15)28-21(17)25)27-22(26)19-13(3)8-12(2)9-14(19)4/h6-11H,5H2,1-4H3,(H,23,24). The zero-order valence-corrected chi connectivity index (χ0v) is 16.2. The van der Waals surface area contributed by atoms with Gasteiger partial charge in [0.15, 0.2) is 0 Å². The Morgan fingerprint density at radius 2 is 1.71 bits per heavy atom. The zero-order valence-electron chi connectivity index (χ0n) is 16.2. The molecule has 6 nitrogen and oxygen atoms in total. The Balaban J connectivity index is 1.93. The molecule has 0 unspecified atom stereocenters. The van der Waals surface area contributed by atoms with E-state index in [4.69, 9.17) is 9.15 Å². The molecule has 144 valence electrons. The summed E-state index contributed by atoms with van der Waals surface area (Å²) in [6.45, 7) is 7.86. The molecule has 0 atom stereocenters. The lowest BCUT2D eigenvalue weighted by molar-refractivity contribution is 0.0733. The summed E-state index contributed by atoms with van der Waals surface area (Å²) in [4.78, 5) is 36.6. The number of esters is 1. The molecule has 0 saturated carbocycles. The molecule has 1 N–H and O–H groups in total. The third-order valence-corrected chi connectivity index (χ3v) is 4.38. The van der Waals surface area contributed by atoms with E-state index in [9.17, 15) is 14.4 Å². The Labute approximate surface area is 162 Å². The van der Waals surface area contributed by atoms with Gasteiger partial charge in [0.25, 0.3) is 5.91 Å². The second-order valence-electron chi connectivity index (χ2n) is 6.67. The van der Waals surface area contributed by atoms with Gasteiger partial charge >= 0.3 is 11.6 Å². The maximum Gasteiger partial charge on any atom is 0.349 e. The van der Waals surface area contributed by atoms with Crippen molar-refractivity contribution in [3.8, 4) is 5.75 Å². The number of fused-ring (bicyclic) bond motifs is 1. The van der Waals surface area contributed by atoms with Crippen LogP contribution in [-0.2, 0) is 0 Å². The Bertz CT molecular complexity index is 1120. The lowest BCUT2D eigenvalue weighted by Gasteiger charge is -2.11. The van der Waals surface area contributed by atoms with Crippen molar-refractivity contribution >= 4 is 22.8 Å². The number of carbonyl (C=O) groups is 2. The maximum atomic E-state index is 12.6. The average Bonchev–Trinajstić information content (AvgIpc) is 2.60. The van der Waals surface area contributed by atoms with Crippen molar-refractivity contribution in [2.24, 2.45) is 0 Å². The molecule has 0 saturated heterocycles. The van der Waals surface area contributed by atoms with Crippen LogP contribution in [0.5, 0.6) is 5.75 Å². The van der Waals surface area contributed by atoms with Gasteiger partial charge in [0.2, 0.25) is 0 Å². The number of aryl methyl sites for hydroxylation is 3. The molecule has 0 aliphatic rings. The number of benzene rings is 2. The zero-order chi connectivity index (χ0) is 20.4. The lowest BCUT2D eigenvalue weighted by atomic mass is 10.00. The summed E-state index contributed by atoms with van der Waals surface area (Å²) in [5.41, 5.74) is 2.68. The third-order valence-electron chi connectivity index (χ3n) is 4.38. The summed E-state index contributed by atoms with van der Waals surface area (Å²) >= 11 is 0. The molecule has 3 rings (SSSR count). The Kier molecular flexibility index (Phi) is 5.31. The number of hydrogen-bond acceptors (Lipinski definition) is 5. The predicted octanol–water partition coefficient (Wildman–Crippen LogP) is 3.69. The van der Waals surface area contributed by atoms with Gasteiger partial charge in [-0.3, -0.25) is 4.79 Å². The van der Waals surface area contributed by atoms with E-state index in [0.717, 1.165) is 16.7 Å². The number of rotatable bonds is 4. The number of amides is 1. The SMILES string of the molecule is CCNC(=O)c1cc2ccc(OC(=O)c3c(C)cc(C)cc3C)cc2oc1=O. The molecule has 1 heterocycles. The highest BCUT2D eigenvalue weighted by atomic mass is 16.5. The summed E-state index contributed by atoms with van der Waals surface area (Å²) in [6, 6.07) is 10.0. The molecule has 1 aromatic heterocycles. The van der Waals surface area contributed by atoms with Gasteiger partial charge in [-0.2, -0.15) is 0 Å². The summed E-state index contributed by atoms with van der Waals surface area (Å²) in [6.07, 6.45) is 0. The molecule has 0 aliphatic heterocycles. The Morgan fingerprint density at radius 1 is 1.04 bits per heavy atom. The highest BCUT2D eigenvalue weighted by Crippen LogP contribution is 2.23. The van der Waals surface area contributed by atoms with Crippen molar-refractivity contribution in [2.75, 3.05) is 6.54 Å². The van der Waals surface area contributed by atoms with Crippen LogP contribution < -0.4 is 15.7 Å². The monoisotopic (exact) mass is 379 g/mol. The van der Waals surface area contributed by atoms with Crippen molar-refractivity contribution in [1.82, 2.24) is 5.32 Å². The second kappa shape index (κ2) is 7.68. The minimum atomic E-state index is -0.743. The normalized spacial score (nSPS) is 10.7. The van der Waals surface area contributed by atoms with Gasteiger partial charge in [-0.1, -0.05) is 17.7 Å². The molecule has 2 aromatic carbocycles. The van der Waals surface area contributed by atoms with Crippen LogP contribution in [0.15, 0.2) is 45.6 Å². The smallest absolute Gasteiger partial charge is 0.349 e. The molecular weight excluding hydrogens is 358 g/mol. The fourth-order valence-corrected chi connectivity index (χ4v) is 3.23. The van der Waals surface area contributed by atoms with E-state index in [-0.39, 0.29) is 16.9 Å². The van der Waals surface area contributed by atoms with Gasteiger partial charge in [-0.15, -0.1) is 0 Å². The van der Waals surface area contributed by atoms with E-state index in [2.05, 4.69) is 5.32 Å². The molecule has 1 amide bonds. The van der Waals surface area contributed by atoms with Gasteiger partial charge < -0.3 is 14.5 Å². The topological polar surface area (TPSA) is 85.6 Å². The van der Waals surface area contributed by atoms with Crippen LogP contribution in [0.2, 0.25) is 0 Å². The van der Waals surface area contributed by atoms with E-state index in [1.165, 1.54) is 12.1 Å². The molecule has 6 heteroatoms. The van der Waals surface area contributed by atoms with Gasteiger partial charge in [0.05, 0.1) is 5.56 Å². The summed E-state index contributed by atoms with van der Waals surface area (Å²) in [7, 11) is 0. The molecule has 0 spiro atoms. The van der Waals surface area contributed by atoms with Gasteiger partial charge in [-0.25, -0.2) is 9.59 Å². The van der Waals surface area contributed by atoms with Crippen LogP contribution >= 0.6 is 0 Å². The summed E-state index contributed by atoms with van der Waals surface area (Å²) in [5, 5.41) is 3.13. The number of carbonyl (C=O) groups excluding carboxylic acids is 2. The maximum absolute atomic E-state index is 12.6. The van der Waals surface area contributed by atoms with Crippen molar-refractivity contribution in [3.63, 3.8) is 0 Å². The van der Waals surface area contributed by atoms with Crippen molar-refractivity contribution in [2.45, 2.75) is 27.7 Å². The second-order valence-corrected chi connectivity index (χ2v) is 6.67. The van der Waals surface area contributed by atoms with Crippen LogP contribution in [0, 0.1) is 20.8 Å². The number of ether oxygens (including phenoxy) is 1. The van der Waals surface area contributed by atoms with Crippen LogP contribution in [-0.4, -0.2) is 18.4 Å². The molecule has 28 heavy (non-hydrogen) atoms. The highest BCUT2D eigenvalue weighted by Gasteiger charge is 2.17. The number of nitrogens with one attached hydrogen (secondary N) is 1. The fraction of sp³-hybridized carbons (Fsp3) is 0.227. The molecular formula is C22H21NO5. The van der Waals surface area contributed by atoms with Gasteiger partial charge in [-0.05, 0) is 57.0 Å². The molecule has 0 fully saturated rings. The van der Waals surface area contributed by atoms with E-state index >= 15 is 0 Å². The van der Waals surface area contributed by atoms with Crippen molar-refractivity contribution in [3.05, 3.63) is 74.6 Å². The van der Waals surface area contributed by atoms with Crippen molar-refractivity contribution < 1.29 is 18.7 Å². The summed E-state index contributed by atoms with van der Waals surface area (Å²) < 4.78 is 10.7. The van der Waals surface area contributed by atoms with Crippen LogP contribution in [0.25, 0.3) is 11.0 Å². The first kappa shape index (κ1) is 19.4. The molecule has 0 bridgehead atoms. The largest absolute Gasteiger partial charge is 0.423 e. The Hall–Kier alpha value is -3.41. The summed E-state index contributed by atoms with van der Waals surface area (Å²) in [5.74, 6) is -0.708. The number of hydrogen-bond donors (Lipinski definition) is 1. The third kappa shape index (κ3) is 3.81. The van der Waals surface area contributed by atoms with Crippen LogP contribution in [0.1, 0.15) is 44.3 Å². The van der Waals surface area contributed by atoms with Crippen molar-refractivity contribution in [1.29, 1.82) is 0 Å². The highest BCUT2D eigenvalue weighted by molar-refractivity contribution is 5.97. The Morgan fingerprint density at radius 3 is 2.36 bits per heavy atom. The van der Waals surface area contributed by atoms with Crippen LogP contribution in [0.4, 0.5) is 0 Å². The van der Waals surface area contributed by atoms with E-state index in [1.54, 1.807) is 19.1 Å². The van der Waals surface area contributed by atoms with Gasteiger partial charge in [0.1, 0.15) is 16.9 Å². The molecule has 0 radical (unpaired) electrons. The first-order valence-corrected chi connectivity index (χ1v) is 8.96. The molecule has 0 aliphatic carbocycles. The van der Waals surface area contributed by atoms with E-state index < -0.39 is 17.5 Å². The lowest BCUT2D eigenvalue weighted by Crippen LogP contribution is -2.27. The quantitative estimate of drug-likeness (QED) is 0.424. The first-order valence-electron chi connectivity index (χ1n) is 8.96. The first-order chi connectivity index (χ1) is 13.3. The minimum Gasteiger partial charge on any atom is -0.423 e.